The van der Waals surface area contributed by atoms with Crippen LogP contribution in [0.1, 0.15) is 308 Å². The van der Waals surface area contributed by atoms with E-state index in [0.29, 0.717) is 78.4 Å². The Morgan fingerprint density at radius 1 is 0.314 bits per heavy atom. The number of anilines is 1. The third-order valence-electron chi connectivity index (χ3n) is 17.8. The van der Waals surface area contributed by atoms with Gasteiger partial charge in [-0.3, -0.25) is 24.5 Å². The molecule has 0 spiro atoms. The van der Waals surface area contributed by atoms with E-state index in [1.807, 2.05) is 168 Å². The molecule has 8 aliphatic rings. The molecule has 0 aliphatic carbocycles. The molecule has 17 nitrogen and oxygen atoms in total. The zero-order valence-corrected chi connectivity index (χ0v) is 80.8. The molecule has 1 aromatic rings. The van der Waals surface area contributed by atoms with Crippen LogP contribution in [0.4, 0.5) is 5.69 Å². The van der Waals surface area contributed by atoms with E-state index < -0.39 is 29.5 Å². The van der Waals surface area contributed by atoms with Crippen LogP contribution in [-0.4, -0.2) is 289 Å². The van der Waals surface area contributed by atoms with Crippen molar-refractivity contribution >= 4 is 35.2 Å². The van der Waals surface area contributed by atoms with E-state index in [-0.39, 0.29) is 11.8 Å². The Morgan fingerprint density at radius 3 is 0.857 bits per heavy atom. The number of benzene rings is 1. The monoisotopic (exact) mass is 1560 g/mol. The van der Waals surface area contributed by atoms with Crippen molar-refractivity contribution in [2.24, 2.45) is 0 Å². The van der Waals surface area contributed by atoms with Crippen molar-refractivity contribution in [1.82, 2.24) is 49.2 Å². The first kappa shape index (κ1) is 122. The second-order valence-corrected chi connectivity index (χ2v) is 35.2. The minimum absolute atomic E-state index is 0.255. The number of piperazine rings is 1. The highest BCUT2D eigenvalue weighted by atomic mass is 32.2. The van der Waals surface area contributed by atoms with Crippen molar-refractivity contribution in [3.8, 4) is 0 Å². The predicted molar refractivity (Wildman–Crippen MR) is 479 cm³/mol. The maximum absolute atomic E-state index is 11.1. The van der Waals surface area contributed by atoms with Gasteiger partial charge in [0.25, 0.3) is 0 Å². The molecule has 0 unspecified atom stereocenters. The van der Waals surface area contributed by atoms with Gasteiger partial charge in [-0.15, -0.1) is 0 Å². The summed E-state index contributed by atoms with van der Waals surface area (Å²) in [6.45, 7) is 96.0. The third kappa shape index (κ3) is 66.8. The van der Waals surface area contributed by atoms with E-state index in [4.69, 9.17) is 0 Å². The molecule has 0 N–H and O–H groups in total. The number of hydrogen-bond donors (Lipinski definition) is 0. The highest BCUT2D eigenvalue weighted by Gasteiger charge is 2.28. The molecule has 1 aromatic carbocycles. The average Bonchev–Trinajstić information content (AvgIpc) is 1.79. The van der Waals surface area contributed by atoms with E-state index in [1.165, 1.54) is 129 Å². The smallest absolute Gasteiger partial charge is 0.164 e. The summed E-state index contributed by atoms with van der Waals surface area (Å²) in [6, 6.07) is 15.1. The van der Waals surface area contributed by atoms with Gasteiger partial charge >= 0.3 is 0 Å². The number of likely N-dealkylation sites (tertiary alicyclic amines) is 3. The third-order valence-corrected chi connectivity index (χ3v) is 22.6. The van der Waals surface area contributed by atoms with Crippen LogP contribution in [0.3, 0.4) is 0 Å². The van der Waals surface area contributed by atoms with E-state index in [9.17, 15) is 25.3 Å². The summed E-state index contributed by atoms with van der Waals surface area (Å²) in [5.41, 5.74) is 1.68. The first-order valence-electron chi connectivity index (χ1n) is 43.1. The molecule has 8 aliphatic heterocycles. The summed E-state index contributed by atoms with van der Waals surface area (Å²) in [4.78, 5) is 20.9. The van der Waals surface area contributed by atoms with Crippen LogP contribution in [0, 0.1) is 0 Å². The summed E-state index contributed by atoms with van der Waals surface area (Å²) >= 11 is 0. The van der Waals surface area contributed by atoms with E-state index in [1.54, 1.807) is 0 Å². The topological polar surface area (TPSA) is 138 Å². The normalized spacial score (nSPS) is 19.2. The van der Waals surface area contributed by atoms with Gasteiger partial charge in [-0.1, -0.05) is 149 Å². The number of hydrogen-bond acceptors (Lipinski definition) is 17. The fourth-order valence-corrected chi connectivity index (χ4v) is 15.4. The SMILES string of the molecule is CC.CC.CC.CC.CC.CC.CC.CC.CC.CC(C)(C)N1CCCCC1.CC(C)N(C)c1ccccc1.CC(C)N1CCC1.CC(C)N1CCCC1.CC(C)N1CCCN1C.CC(C)N1CCCS(=O)(=O)C1.CC(C)N1CCN(C)CC1.CC(C)N1CCS(=O)(=O)C1.CC(C)N1CCS(=O)(=O)CC1. The number of piperidine rings is 1. The van der Waals surface area contributed by atoms with Gasteiger partial charge < -0.3 is 19.6 Å². The minimum Gasteiger partial charge on any atom is -0.372 e. The summed E-state index contributed by atoms with van der Waals surface area (Å²) in [5.74, 6) is 1.90. The largest absolute Gasteiger partial charge is 0.372 e. The van der Waals surface area contributed by atoms with Crippen molar-refractivity contribution in [3.05, 3.63) is 30.3 Å². The van der Waals surface area contributed by atoms with Crippen LogP contribution < -0.4 is 4.90 Å². The minimum atomic E-state index is -2.75. The number of nitrogens with zero attached hydrogens (tertiary/aromatic N) is 11. The quantitative estimate of drug-likeness (QED) is 0.231. The van der Waals surface area contributed by atoms with Crippen LogP contribution in [-0.2, 0) is 29.5 Å². The van der Waals surface area contributed by atoms with Crippen molar-refractivity contribution in [3.63, 3.8) is 0 Å². The second-order valence-electron chi connectivity index (χ2n) is 28.6. The standard InChI is InChI=1S/C10H15N.C9H19N.C8H18N2.C7H16N2.2C7H15NO2S.C7H15N.C6H13NO2S.C6H13N.9C2H6/c1-9(2)11(3)10-7-5-4-6-8-10;1-9(2,3)10-7-5-4-6-8-10;1-8(2)10-6-4-9(3)5-7-10;1-7(2)9-6-4-5-8(9)3;1-7(2)8-3-5-11(9,10)6-4-8;1-7(2)8-4-3-5-11(9,10)6-8;1-7(2)8-5-3-4-6-8;1-6(2)7-3-4-10(8,9)5-7;1-6(2)7-4-3-5-7;9*1-2/h4-9H,1-3H3;4-8H2,1-3H3;8H,4-7H2,1-3H3;7H,4-6H2,1-3H3;2*7H,3-6H2,1-2H3;7H,3-6H2,1-2H3;6H,3-5H2,1-2H3;6H,3-5H2,1-2H3;9*1-2H3. The first-order valence-corrected chi connectivity index (χ1v) is 48.6. The van der Waals surface area contributed by atoms with Crippen LogP contribution in [0.25, 0.3) is 0 Å². The van der Waals surface area contributed by atoms with Gasteiger partial charge in [-0.25, -0.2) is 35.3 Å². The lowest BCUT2D eigenvalue weighted by molar-refractivity contribution is 0.0242. The molecule has 642 valence electrons. The Hall–Kier alpha value is -1.53. The Balaban J connectivity index is -0.000000137. The Bertz CT molecular complexity index is 2220. The lowest BCUT2D eigenvalue weighted by Crippen LogP contribution is -2.47. The molecule has 0 radical (unpaired) electrons. The molecule has 0 atom stereocenters. The molecule has 8 heterocycles. The fourth-order valence-electron chi connectivity index (χ4n) is 11.0. The van der Waals surface area contributed by atoms with Crippen LogP contribution in [0.2, 0.25) is 0 Å². The van der Waals surface area contributed by atoms with Crippen molar-refractivity contribution < 1.29 is 25.3 Å². The van der Waals surface area contributed by atoms with Gasteiger partial charge in [0, 0.05) is 139 Å². The highest BCUT2D eigenvalue weighted by molar-refractivity contribution is 7.92. The van der Waals surface area contributed by atoms with Crippen molar-refractivity contribution in [1.29, 1.82) is 0 Å². The number of likely N-dealkylation sites (N-methyl/N-ethyl adjacent to an activating group) is 1. The molecule has 8 saturated heterocycles. The van der Waals surface area contributed by atoms with Crippen LogP contribution in [0.5, 0.6) is 0 Å². The van der Waals surface area contributed by atoms with Gasteiger partial charge in [0.15, 0.2) is 29.5 Å². The molecule has 20 heteroatoms. The Labute approximate surface area is 663 Å². The van der Waals surface area contributed by atoms with Crippen LogP contribution >= 0.6 is 0 Å². The average molecular weight is 1560 g/mol. The predicted octanol–water partition coefficient (Wildman–Crippen LogP) is 18.9. The van der Waals surface area contributed by atoms with Gasteiger partial charge in [0.2, 0.25) is 0 Å². The van der Waals surface area contributed by atoms with E-state index in [0.717, 1.165) is 31.1 Å². The zero-order chi connectivity index (χ0) is 84.3. The number of hydrazine groups is 1. The molecule has 0 amide bonds. The zero-order valence-electron chi connectivity index (χ0n) is 78.3. The van der Waals surface area contributed by atoms with Crippen molar-refractivity contribution in [2.45, 2.75) is 361 Å². The molecule has 0 saturated carbocycles. The van der Waals surface area contributed by atoms with Gasteiger partial charge in [-0.05, 0) is 235 Å². The molecule has 0 aromatic heterocycles. The summed E-state index contributed by atoms with van der Waals surface area (Å²) in [5, 5.41) is 4.71. The maximum atomic E-state index is 11.1. The lowest BCUT2D eigenvalue weighted by atomic mass is 10.0. The highest BCUT2D eigenvalue weighted by Crippen LogP contribution is 2.20. The maximum Gasteiger partial charge on any atom is 0.164 e. The molecule has 0 bridgehead atoms. The molecular weight excluding hydrogens is 1370 g/mol. The fraction of sp³-hybridized carbons (Fsp3) is 0.929. The van der Waals surface area contributed by atoms with Gasteiger partial charge in [0.05, 0.1) is 23.0 Å². The van der Waals surface area contributed by atoms with Gasteiger partial charge in [-0.2, -0.15) is 0 Å². The molecule has 105 heavy (non-hydrogen) atoms. The summed E-state index contributed by atoms with van der Waals surface area (Å²) in [6.07, 6.45) is 10.6. The van der Waals surface area contributed by atoms with Crippen molar-refractivity contribution in [2.75, 3.05) is 166 Å². The number of sulfone groups is 3. The Kier molecular flexibility index (Phi) is 88.6. The molecular formula is C85H193N11O6S3. The number of rotatable bonds is 9. The summed E-state index contributed by atoms with van der Waals surface area (Å²) < 4.78 is 66.0. The van der Waals surface area contributed by atoms with Crippen LogP contribution in [0.15, 0.2) is 30.3 Å². The molecule has 8 fully saturated rings. The molecule has 9 rings (SSSR count). The first-order chi connectivity index (χ1) is 49.4. The van der Waals surface area contributed by atoms with Gasteiger partial charge in [0.1, 0.15) is 11.8 Å². The number of para-hydroxylation sites is 1. The van der Waals surface area contributed by atoms with E-state index in [2.05, 4.69) is 194 Å². The Morgan fingerprint density at radius 2 is 0.610 bits per heavy atom. The lowest BCUT2D eigenvalue weighted by Gasteiger charge is -2.38. The second kappa shape index (κ2) is 76.5. The summed E-state index contributed by atoms with van der Waals surface area (Å²) in [7, 11) is -1.69. The van der Waals surface area contributed by atoms with E-state index >= 15 is 0 Å².